The van der Waals surface area contributed by atoms with Crippen LogP contribution in [0.1, 0.15) is 63.1 Å². The lowest BCUT2D eigenvalue weighted by Crippen LogP contribution is -2.29. The molecule has 0 spiro atoms. The van der Waals surface area contributed by atoms with Gasteiger partial charge in [-0.05, 0) is 38.8 Å². The molecule has 0 amide bonds. The maximum atomic E-state index is 4.36. The molecule has 4 nitrogen and oxygen atoms in total. The van der Waals surface area contributed by atoms with Crippen LogP contribution in [0.2, 0.25) is 0 Å². The van der Waals surface area contributed by atoms with Gasteiger partial charge in [-0.25, -0.2) is 4.68 Å². The van der Waals surface area contributed by atoms with Crippen molar-refractivity contribution in [1.82, 2.24) is 19.9 Å². The van der Waals surface area contributed by atoms with Crippen LogP contribution in [0.5, 0.6) is 0 Å². The SMILES string of the molecule is c1c(CN2CCCCC2)nnn1C1CCCCC1. The van der Waals surface area contributed by atoms with Crippen molar-refractivity contribution in [3.05, 3.63) is 11.9 Å². The second kappa shape index (κ2) is 5.83. The van der Waals surface area contributed by atoms with Gasteiger partial charge in [-0.2, -0.15) is 0 Å². The zero-order chi connectivity index (χ0) is 12.2. The van der Waals surface area contributed by atoms with Crippen LogP contribution in [-0.2, 0) is 6.54 Å². The van der Waals surface area contributed by atoms with Crippen molar-refractivity contribution in [2.45, 2.75) is 64.0 Å². The van der Waals surface area contributed by atoms with Crippen LogP contribution >= 0.6 is 0 Å². The monoisotopic (exact) mass is 248 g/mol. The Morgan fingerprint density at radius 3 is 2.50 bits per heavy atom. The molecule has 4 heteroatoms. The molecule has 0 N–H and O–H groups in total. The summed E-state index contributed by atoms with van der Waals surface area (Å²) in [5, 5.41) is 8.70. The minimum Gasteiger partial charge on any atom is -0.297 e. The molecule has 18 heavy (non-hydrogen) atoms. The van der Waals surface area contributed by atoms with Crippen molar-refractivity contribution in [3.63, 3.8) is 0 Å². The maximum Gasteiger partial charge on any atom is 0.0967 e. The molecule has 100 valence electrons. The molecular formula is C14H24N4. The Balaban J connectivity index is 1.58. The summed E-state index contributed by atoms with van der Waals surface area (Å²) >= 11 is 0. The standard InChI is InChI=1S/C14H24N4/c1-3-7-14(8-4-1)18-12-13(15-16-18)11-17-9-5-2-6-10-17/h12,14H,1-11H2. The van der Waals surface area contributed by atoms with Crippen molar-refractivity contribution in [2.75, 3.05) is 13.1 Å². The average Bonchev–Trinajstić information content (AvgIpc) is 2.89. The predicted molar refractivity (Wildman–Crippen MR) is 71.3 cm³/mol. The first kappa shape index (κ1) is 12.2. The molecule has 0 radical (unpaired) electrons. The summed E-state index contributed by atoms with van der Waals surface area (Å²) in [6, 6.07) is 0.612. The van der Waals surface area contributed by atoms with E-state index >= 15 is 0 Å². The van der Waals surface area contributed by atoms with E-state index < -0.39 is 0 Å². The van der Waals surface area contributed by atoms with Crippen molar-refractivity contribution in [1.29, 1.82) is 0 Å². The third-order valence-electron chi connectivity index (χ3n) is 4.34. The summed E-state index contributed by atoms with van der Waals surface area (Å²) in [5.41, 5.74) is 1.16. The van der Waals surface area contributed by atoms with Crippen LogP contribution in [0, 0.1) is 0 Å². The van der Waals surface area contributed by atoms with Gasteiger partial charge in [0, 0.05) is 6.54 Å². The number of hydrogen-bond donors (Lipinski definition) is 0. The van der Waals surface area contributed by atoms with Crippen LogP contribution < -0.4 is 0 Å². The largest absolute Gasteiger partial charge is 0.297 e. The van der Waals surface area contributed by atoms with E-state index in [0.717, 1.165) is 12.2 Å². The van der Waals surface area contributed by atoms with Crippen molar-refractivity contribution < 1.29 is 0 Å². The molecule has 2 fully saturated rings. The number of nitrogens with zero attached hydrogens (tertiary/aromatic N) is 4. The molecule has 2 heterocycles. The molecule has 2 aliphatic rings. The van der Waals surface area contributed by atoms with Crippen molar-refractivity contribution in [2.24, 2.45) is 0 Å². The van der Waals surface area contributed by atoms with E-state index in [4.69, 9.17) is 0 Å². The first-order valence-electron chi connectivity index (χ1n) is 7.55. The first-order valence-corrected chi connectivity index (χ1v) is 7.55. The normalized spacial score (nSPS) is 23.3. The van der Waals surface area contributed by atoms with Crippen LogP contribution in [0.25, 0.3) is 0 Å². The highest BCUT2D eigenvalue weighted by molar-refractivity contribution is 4.94. The molecule has 1 aromatic rings. The van der Waals surface area contributed by atoms with Crippen LogP contribution in [-0.4, -0.2) is 33.0 Å². The van der Waals surface area contributed by atoms with E-state index in [1.54, 1.807) is 0 Å². The molecule has 0 atom stereocenters. The van der Waals surface area contributed by atoms with Gasteiger partial charge in [-0.3, -0.25) is 4.90 Å². The zero-order valence-electron chi connectivity index (χ0n) is 11.2. The Morgan fingerprint density at radius 1 is 1.00 bits per heavy atom. The van der Waals surface area contributed by atoms with E-state index in [0.29, 0.717) is 6.04 Å². The quantitative estimate of drug-likeness (QED) is 0.825. The van der Waals surface area contributed by atoms with Crippen LogP contribution in [0.3, 0.4) is 0 Å². The van der Waals surface area contributed by atoms with Crippen molar-refractivity contribution in [3.8, 4) is 0 Å². The molecule has 3 rings (SSSR count). The molecule has 1 aromatic heterocycles. The highest BCUT2D eigenvalue weighted by atomic mass is 15.4. The summed E-state index contributed by atoms with van der Waals surface area (Å²) in [4.78, 5) is 2.51. The van der Waals surface area contributed by atoms with Gasteiger partial charge in [-0.1, -0.05) is 30.9 Å². The molecular weight excluding hydrogens is 224 g/mol. The van der Waals surface area contributed by atoms with E-state index in [9.17, 15) is 0 Å². The number of piperidine rings is 1. The minimum atomic E-state index is 0.612. The Hall–Kier alpha value is -0.900. The average molecular weight is 248 g/mol. The first-order chi connectivity index (χ1) is 8.92. The Bertz CT molecular complexity index is 362. The van der Waals surface area contributed by atoms with Crippen LogP contribution in [0.15, 0.2) is 6.20 Å². The Morgan fingerprint density at radius 2 is 1.72 bits per heavy atom. The molecule has 1 aliphatic heterocycles. The molecule has 0 bridgehead atoms. The summed E-state index contributed by atoms with van der Waals surface area (Å²) in [6.45, 7) is 3.46. The number of hydrogen-bond acceptors (Lipinski definition) is 3. The highest BCUT2D eigenvalue weighted by Gasteiger charge is 2.18. The summed E-state index contributed by atoms with van der Waals surface area (Å²) < 4.78 is 2.12. The molecule has 1 saturated heterocycles. The van der Waals surface area contributed by atoms with Gasteiger partial charge in [0.1, 0.15) is 0 Å². The highest BCUT2D eigenvalue weighted by Crippen LogP contribution is 2.27. The number of likely N-dealkylation sites (tertiary alicyclic amines) is 1. The molecule has 1 aliphatic carbocycles. The third-order valence-corrected chi connectivity index (χ3v) is 4.34. The van der Waals surface area contributed by atoms with E-state index in [1.165, 1.54) is 64.5 Å². The topological polar surface area (TPSA) is 34.0 Å². The lowest BCUT2D eigenvalue weighted by atomic mass is 9.96. The number of aromatic nitrogens is 3. The van der Waals surface area contributed by atoms with E-state index in [2.05, 4.69) is 26.1 Å². The molecule has 0 aromatic carbocycles. The van der Waals surface area contributed by atoms with Gasteiger partial charge >= 0.3 is 0 Å². The lowest BCUT2D eigenvalue weighted by molar-refractivity contribution is 0.218. The summed E-state index contributed by atoms with van der Waals surface area (Å²) in [5.74, 6) is 0. The van der Waals surface area contributed by atoms with Gasteiger partial charge in [0.25, 0.3) is 0 Å². The fraction of sp³-hybridized carbons (Fsp3) is 0.857. The van der Waals surface area contributed by atoms with Gasteiger partial charge in [0.15, 0.2) is 0 Å². The van der Waals surface area contributed by atoms with Gasteiger partial charge in [-0.15, -0.1) is 5.10 Å². The van der Waals surface area contributed by atoms with E-state index in [1.807, 2.05) is 0 Å². The second-order valence-electron chi connectivity index (χ2n) is 5.82. The minimum absolute atomic E-state index is 0.612. The Labute approximate surface area is 109 Å². The Kier molecular flexibility index (Phi) is 3.93. The number of rotatable bonds is 3. The second-order valence-corrected chi connectivity index (χ2v) is 5.82. The van der Waals surface area contributed by atoms with Gasteiger partial charge in [0.05, 0.1) is 17.9 Å². The third kappa shape index (κ3) is 2.91. The molecule has 1 saturated carbocycles. The van der Waals surface area contributed by atoms with Gasteiger partial charge in [0.2, 0.25) is 0 Å². The summed E-state index contributed by atoms with van der Waals surface area (Å²) in [7, 11) is 0. The predicted octanol–water partition coefficient (Wildman–Crippen LogP) is 2.77. The fourth-order valence-corrected chi connectivity index (χ4v) is 3.26. The van der Waals surface area contributed by atoms with Crippen molar-refractivity contribution >= 4 is 0 Å². The maximum absolute atomic E-state index is 4.36. The van der Waals surface area contributed by atoms with Crippen LogP contribution in [0.4, 0.5) is 0 Å². The smallest absolute Gasteiger partial charge is 0.0967 e. The lowest BCUT2D eigenvalue weighted by Gasteiger charge is -2.25. The van der Waals surface area contributed by atoms with Gasteiger partial charge < -0.3 is 0 Å². The summed E-state index contributed by atoms with van der Waals surface area (Å²) in [6.07, 6.45) is 12.9. The van der Waals surface area contributed by atoms with E-state index in [-0.39, 0.29) is 0 Å². The molecule has 0 unspecified atom stereocenters. The fourth-order valence-electron chi connectivity index (χ4n) is 3.26. The zero-order valence-corrected chi connectivity index (χ0v) is 11.2.